The molecule has 13 heteroatoms. The van der Waals surface area contributed by atoms with Gasteiger partial charge >= 0.3 is 6.03 Å². The van der Waals surface area contributed by atoms with Crippen molar-refractivity contribution in [2.24, 2.45) is 0 Å². The summed E-state index contributed by atoms with van der Waals surface area (Å²) in [7, 11) is 2.17. The molecule has 5 aromatic rings. The number of methoxy groups -OCH3 is 3. The molecule has 0 fully saturated rings. The molecule has 0 bridgehead atoms. The molecule has 3 N–H and O–H groups in total. The molecule has 12 nitrogen and oxygen atoms in total. The minimum absolute atomic E-state index is 0.0350. The third-order valence-corrected chi connectivity index (χ3v) is 8.24. The molecule has 262 valence electrons. The zero-order valence-electron chi connectivity index (χ0n) is 29.4. The Hall–Kier alpha value is -5.48. The van der Waals surface area contributed by atoms with Crippen LogP contribution in [0.5, 0.6) is 34.6 Å². The number of hydrogen-bond donors (Lipinski definition) is 3. The van der Waals surface area contributed by atoms with Crippen LogP contribution in [0.3, 0.4) is 0 Å². The molecule has 1 aromatic heterocycles. The summed E-state index contributed by atoms with van der Waals surface area (Å²) in [6, 6.07) is 21.3. The third-order valence-electron chi connectivity index (χ3n) is 7.49. The van der Waals surface area contributed by atoms with Crippen molar-refractivity contribution in [3.05, 3.63) is 84.6 Å². The van der Waals surface area contributed by atoms with Crippen molar-refractivity contribution in [3.63, 3.8) is 0 Å². The fourth-order valence-corrected chi connectivity index (χ4v) is 5.45. The lowest BCUT2D eigenvalue weighted by atomic mass is 9.86. The van der Waals surface area contributed by atoms with Crippen LogP contribution >= 0.6 is 7.14 Å². The van der Waals surface area contributed by atoms with Gasteiger partial charge in [0.15, 0.2) is 11.5 Å². The van der Waals surface area contributed by atoms with Crippen molar-refractivity contribution >= 4 is 47.0 Å². The van der Waals surface area contributed by atoms with Gasteiger partial charge in [0.05, 0.1) is 32.7 Å². The largest absolute Gasteiger partial charge is 0.497 e. The maximum Gasteiger partial charge on any atom is 0.323 e. The SMILES string of the molecule is COc1cc(Nc2nccc(Oc3ccc(NC(=O)Nc4cc(C(C)(C)C)cc(OCP(C)(C)=O)c4OC)c4ccccc34)n2)cc(OC)c1. The number of benzene rings is 4. The number of nitrogens with zero attached hydrogens (tertiary/aromatic N) is 2. The molecule has 0 spiro atoms. The first-order valence-electron chi connectivity index (χ1n) is 15.8. The summed E-state index contributed by atoms with van der Waals surface area (Å²) in [5.41, 5.74) is 2.29. The number of ether oxygens (including phenoxy) is 5. The summed E-state index contributed by atoms with van der Waals surface area (Å²) in [6.45, 7) is 9.48. The quantitative estimate of drug-likeness (QED) is 0.108. The van der Waals surface area contributed by atoms with Crippen LogP contribution in [0, 0.1) is 0 Å². The van der Waals surface area contributed by atoms with Crippen LogP contribution < -0.4 is 39.6 Å². The number of nitrogens with one attached hydrogen (secondary N) is 3. The zero-order chi connectivity index (χ0) is 36.1. The number of carbonyl (C=O) groups excluding carboxylic acids is 1. The van der Waals surface area contributed by atoms with Gasteiger partial charge in [0, 0.05) is 46.9 Å². The normalized spacial score (nSPS) is 11.4. The fraction of sp³-hybridized carbons (Fsp3) is 0.270. The molecular formula is C37H42N5O7P. The Morgan fingerprint density at radius 1 is 0.800 bits per heavy atom. The van der Waals surface area contributed by atoms with Gasteiger partial charge in [-0.3, -0.25) is 0 Å². The summed E-state index contributed by atoms with van der Waals surface area (Å²) in [4.78, 5) is 22.3. The lowest BCUT2D eigenvalue weighted by Crippen LogP contribution is -2.21. The van der Waals surface area contributed by atoms with Gasteiger partial charge in [-0.05, 0) is 48.6 Å². The van der Waals surface area contributed by atoms with E-state index in [2.05, 4.69) is 46.7 Å². The van der Waals surface area contributed by atoms with Crippen LogP contribution in [0.1, 0.15) is 26.3 Å². The van der Waals surface area contributed by atoms with Crippen molar-refractivity contribution in [3.8, 4) is 34.6 Å². The van der Waals surface area contributed by atoms with E-state index in [-0.39, 0.29) is 11.8 Å². The number of urea groups is 1. The Morgan fingerprint density at radius 2 is 1.48 bits per heavy atom. The van der Waals surface area contributed by atoms with Gasteiger partial charge in [0.1, 0.15) is 30.7 Å². The highest BCUT2D eigenvalue weighted by atomic mass is 31.2. The van der Waals surface area contributed by atoms with E-state index in [4.69, 9.17) is 23.7 Å². The lowest BCUT2D eigenvalue weighted by molar-refractivity contribution is 0.262. The summed E-state index contributed by atoms with van der Waals surface area (Å²) in [6.07, 6.45) is 1.63. The number of amides is 2. The number of aromatic nitrogens is 2. The Morgan fingerprint density at radius 3 is 2.12 bits per heavy atom. The molecule has 0 saturated heterocycles. The van der Waals surface area contributed by atoms with Gasteiger partial charge in [0.2, 0.25) is 11.8 Å². The van der Waals surface area contributed by atoms with Crippen molar-refractivity contribution in [2.45, 2.75) is 26.2 Å². The predicted molar refractivity (Wildman–Crippen MR) is 198 cm³/mol. The first-order valence-corrected chi connectivity index (χ1v) is 18.5. The molecule has 2 amide bonds. The van der Waals surface area contributed by atoms with Crippen LogP contribution in [0.4, 0.5) is 27.8 Å². The maximum absolute atomic E-state index is 13.5. The van der Waals surface area contributed by atoms with Crippen LogP contribution in [-0.2, 0) is 9.98 Å². The van der Waals surface area contributed by atoms with Crippen molar-refractivity contribution in [2.75, 3.05) is 57.0 Å². The van der Waals surface area contributed by atoms with Crippen LogP contribution in [0.15, 0.2) is 79.0 Å². The van der Waals surface area contributed by atoms with Gasteiger partial charge in [-0.1, -0.05) is 45.0 Å². The van der Waals surface area contributed by atoms with E-state index in [1.165, 1.54) is 7.11 Å². The highest BCUT2D eigenvalue weighted by Gasteiger charge is 2.23. The number of carbonyl (C=O) groups is 1. The smallest absolute Gasteiger partial charge is 0.323 e. The number of hydrogen-bond acceptors (Lipinski definition) is 10. The average Bonchev–Trinajstić information content (AvgIpc) is 3.07. The number of anilines is 4. The molecule has 0 aliphatic heterocycles. The summed E-state index contributed by atoms with van der Waals surface area (Å²) in [5.74, 6) is 3.12. The van der Waals surface area contributed by atoms with E-state index in [9.17, 15) is 9.36 Å². The molecular weight excluding hydrogens is 657 g/mol. The molecule has 5 rings (SSSR count). The maximum atomic E-state index is 13.5. The zero-order valence-corrected chi connectivity index (χ0v) is 30.3. The third kappa shape index (κ3) is 8.95. The highest BCUT2D eigenvalue weighted by Crippen LogP contribution is 2.43. The van der Waals surface area contributed by atoms with Crippen LogP contribution in [0.25, 0.3) is 10.8 Å². The van der Waals surface area contributed by atoms with E-state index >= 15 is 0 Å². The van der Waals surface area contributed by atoms with Crippen LogP contribution in [-0.4, -0.2) is 57.0 Å². The predicted octanol–water partition coefficient (Wildman–Crippen LogP) is 9.09. The second-order valence-electron chi connectivity index (χ2n) is 12.9. The van der Waals surface area contributed by atoms with Gasteiger partial charge in [0.25, 0.3) is 0 Å². The van der Waals surface area contributed by atoms with Crippen molar-refractivity contribution in [1.29, 1.82) is 0 Å². The molecule has 4 aromatic carbocycles. The van der Waals surface area contributed by atoms with Gasteiger partial charge in [-0.2, -0.15) is 4.98 Å². The minimum atomic E-state index is -2.49. The first kappa shape index (κ1) is 35.8. The molecule has 0 unspecified atom stereocenters. The molecule has 0 radical (unpaired) electrons. The number of fused-ring (bicyclic) bond motifs is 1. The van der Waals surface area contributed by atoms with Crippen LogP contribution in [0.2, 0.25) is 0 Å². The topological polar surface area (TPSA) is 142 Å². The standard InChI is InChI=1S/C37H42N5O7P/c1-37(2,3)23-17-30(34(47-6)32(18-23)48-22-50(7,8)44)41-36(43)40-29-13-14-31(28-12-10-9-11-27(28)29)49-33-15-16-38-35(42-33)39-24-19-25(45-4)21-26(20-24)46-5/h9-21H,22H2,1-8H3,(H,38,39,42)(H2,40,41,43). The van der Waals surface area contributed by atoms with E-state index in [1.54, 1.807) is 70.1 Å². The Balaban J connectivity index is 1.38. The van der Waals surface area contributed by atoms with Crippen molar-refractivity contribution in [1.82, 2.24) is 9.97 Å². The first-order chi connectivity index (χ1) is 23.8. The van der Waals surface area contributed by atoms with Gasteiger partial charge in [-0.15, -0.1) is 0 Å². The lowest BCUT2D eigenvalue weighted by Gasteiger charge is -2.24. The van der Waals surface area contributed by atoms with E-state index < -0.39 is 13.2 Å². The second-order valence-corrected chi connectivity index (χ2v) is 16.3. The number of rotatable bonds is 12. The Kier molecular flexibility index (Phi) is 10.7. The molecule has 1 heterocycles. The molecule has 0 aliphatic carbocycles. The van der Waals surface area contributed by atoms with Gasteiger partial charge in [-0.25, -0.2) is 9.78 Å². The van der Waals surface area contributed by atoms with Gasteiger partial charge < -0.3 is 44.2 Å². The fourth-order valence-electron chi connectivity index (χ4n) is 5.00. The summed E-state index contributed by atoms with van der Waals surface area (Å²) < 4.78 is 41.0. The highest BCUT2D eigenvalue weighted by molar-refractivity contribution is 7.62. The summed E-state index contributed by atoms with van der Waals surface area (Å²) in [5, 5.41) is 10.5. The molecule has 0 atom stereocenters. The van der Waals surface area contributed by atoms with E-state index in [0.29, 0.717) is 57.6 Å². The van der Waals surface area contributed by atoms with E-state index in [0.717, 1.165) is 16.3 Å². The molecule has 50 heavy (non-hydrogen) atoms. The van der Waals surface area contributed by atoms with Crippen molar-refractivity contribution < 1.29 is 33.0 Å². The Labute approximate surface area is 291 Å². The monoisotopic (exact) mass is 699 g/mol. The minimum Gasteiger partial charge on any atom is -0.497 e. The molecule has 0 saturated carbocycles. The summed E-state index contributed by atoms with van der Waals surface area (Å²) >= 11 is 0. The molecule has 0 aliphatic rings. The van der Waals surface area contributed by atoms with E-state index in [1.807, 2.05) is 36.4 Å². The average molecular weight is 700 g/mol. The second kappa shape index (κ2) is 15.0. The Bertz CT molecular complexity index is 2040.